The molecule has 1 amide bonds. The molecule has 106 valence electrons. The Morgan fingerprint density at radius 2 is 2.30 bits per heavy atom. The van der Waals surface area contributed by atoms with E-state index in [0.717, 1.165) is 22.9 Å². The van der Waals surface area contributed by atoms with Crippen LogP contribution in [0.4, 0.5) is 5.13 Å². The number of benzene rings is 1. The molecule has 0 saturated carbocycles. The van der Waals surface area contributed by atoms with Crippen LogP contribution in [0.15, 0.2) is 28.6 Å². The highest BCUT2D eigenvalue weighted by Gasteiger charge is 2.10. The maximum atomic E-state index is 12.0. The summed E-state index contributed by atoms with van der Waals surface area (Å²) in [4.78, 5) is 12.0. The molecule has 0 aliphatic rings. The molecule has 0 radical (unpaired) electrons. The van der Waals surface area contributed by atoms with Crippen LogP contribution < -0.4 is 5.32 Å². The fourth-order valence-corrected chi connectivity index (χ4v) is 3.51. The number of aromatic nitrogens is 2. The number of unbranched alkanes of at least 4 members (excludes halogenated alkanes) is 1. The highest BCUT2D eigenvalue weighted by Crippen LogP contribution is 2.26. The van der Waals surface area contributed by atoms with Crippen molar-refractivity contribution in [2.75, 3.05) is 11.1 Å². The number of hydrogen-bond donors (Lipinski definition) is 1. The third-order valence-corrected chi connectivity index (χ3v) is 4.73. The Hall–Kier alpha value is -1.11. The highest BCUT2D eigenvalue weighted by atomic mass is 35.5. The Bertz CT molecular complexity index is 589. The fourth-order valence-electron chi connectivity index (χ4n) is 1.42. The van der Waals surface area contributed by atoms with E-state index < -0.39 is 0 Å². The topological polar surface area (TPSA) is 54.9 Å². The molecule has 0 aliphatic carbocycles. The minimum absolute atomic E-state index is 0.228. The molecule has 0 fully saturated rings. The predicted octanol–water partition coefficient (Wildman–Crippen LogP) is 4.34. The van der Waals surface area contributed by atoms with Gasteiger partial charge in [0.25, 0.3) is 5.91 Å². The Kier molecular flexibility index (Phi) is 5.82. The normalized spacial score (nSPS) is 10.5. The first-order valence-corrected chi connectivity index (χ1v) is 8.40. The van der Waals surface area contributed by atoms with E-state index in [2.05, 4.69) is 22.4 Å². The van der Waals surface area contributed by atoms with E-state index in [1.165, 1.54) is 11.3 Å². The van der Waals surface area contributed by atoms with Crippen molar-refractivity contribution in [2.45, 2.75) is 24.1 Å². The van der Waals surface area contributed by atoms with E-state index in [4.69, 9.17) is 11.6 Å². The van der Waals surface area contributed by atoms with Crippen molar-refractivity contribution in [1.82, 2.24) is 10.2 Å². The Labute approximate surface area is 130 Å². The van der Waals surface area contributed by atoms with Crippen LogP contribution in [0.1, 0.15) is 30.1 Å². The van der Waals surface area contributed by atoms with Crippen molar-refractivity contribution in [3.05, 3.63) is 34.9 Å². The maximum absolute atomic E-state index is 12.0. The molecular formula is C13H14ClN3OS2. The van der Waals surface area contributed by atoms with Gasteiger partial charge in [-0.1, -0.05) is 54.1 Å². The first-order valence-electron chi connectivity index (χ1n) is 6.22. The molecule has 1 heterocycles. The zero-order chi connectivity index (χ0) is 14.4. The summed E-state index contributed by atoms with van der Waals surface area (Å²) in [6.45, 7) is 2.15. The second kappa shape index (κ2) is 7.61. The molecule has 0 aliphatic heterocycles. The molecule has 7 heteroatoms. The SMILES string of the molecule is CCCCSc1nnc(NC(=O)c2cccc(Cl)c2)s1. The van der Waals surface area contributed by atoms with Crippen LogP contribution >= 0.6 is 34.7 Å². The number of anilines is 1. The van der Waals surface area contributed by atoms with Gasteiger partial charge in [0.1, 0.15) is 0 Å². The van der Waals surface area contributed by atoms with Gasteiger partial charge >= 0.3 is 0 Å². The lowest BCUT2D eigenvalue weighted by Gasteiger charge is -2.00. The zero-order valence-corrected chi connectivity index (χ0v) is 13.3. The first-order chi connectivity index (χ1) is 9.69. The highest BCUT2D eigenvalue weighted by molar-refractivity contribution is 8.01. The zero-order valence-electron chi connectivity index (χ0n) is 10.9. The van der Waals surface area contributed by atoms with Gasteiger partial charge in [0, 0.05) is 16.3 Å². The van der Waals surface area contributed by atoms with Gasteiger partial charge in [0.05, 0.1) is 0 Å². The standard InChI is InChI=1S/C13H14ClN3OS2/c1-2-3-7-19-13-17-16-12(20-13)15-11(18)9-5-4-6-10(14)8-9/h4-6,8H,2-3,7H2,1H3,(H,15,16,18). The third-order valence-electron chi connectivity index (χ3n) is 2.44. The molecule has 2 rings (SSSR count). The second-order valence-electron chi connectivity index (χ2n) is 4.04. The summed E-state index contributed by atoms with van der Waals surface area (Å²) in [5, 5.41) is 11.8. The van der Waals surface area contributed by atoms with Gasteiger partial charge in [-0.15, -0.1) is 10.2 Å². The monoisotopic (exact) mass is 327 g/mol. The third kappa shape index (κ3) is 4.47. The Balaban J connectivity index is 1.94. The molecule has 1 N–H and O–H groups in total. The smallest absolute Gasteiger partial charge is 0.257 e. The summed E-state index contributed by atoms with van der Waals surface area (Å²) in [6.07, 6.45) is 2.30. The minimum atomic E-state index is -0.228. The number of carbonyl (C=O) groups excluding carboxylic acids is 1. The number of nitrogens with one attached hydrogen (secondary N) is 1. The lowest BCUT2D eigenvalue weighted by Crippen LogP contribution is -2.11. The van der Waals surface area contributed by atoms with E-state index in [1.807, 2.05) is 0 Å². The summed E-state index contributed by atoms with van der Waals surface area (Å²) in [5.41, 5.74) is 0.507. The van der Waals surface area contributed by atoms with Gasteiger partial charge < -0.3 is 0 Å². The van der Waals surface area contributed by atoms with E-state index in [1.54, 1.807) is 36.0 Å². The molecule has 0 atom stereocenters. The molecular weight excluding hydrogens is 314 g/mol. The lowest BCUT2D eigenvalue weighted by atomic mass is 10.2. The van der Waals surface area contributed by atoms with Crippen LogP contribution in [-0.4, -0.2) is 21.9 Å². The van der Waals surface area contributed by atoms with E-state index >= 15 is 0 Å². The molecule has 1 aromatic carbocycles. The van der Waals surface area contributed by atoms with Crippen LogP contribution in [-0.2, 0) is 0 Å². The quantitative estimate of drug-likeness (QED) is 0.487. The first kappa shape index (κ1) is 15.3. The molecule has 0 saturated heterocycles. The van der Waals surface area contributed by atoms with E-state index in [-0.39, 0.29) is 5.91 Å². The van der Waals surface area contributed by atoms with Gasteiger partial charge in [-0.05, 0) is 24.6 Å². The summed E-state index contributed by atoms with van der Waals surface area (Å²) in [6, 6.07) is 6.79. The number of carbonyl (C=O) groups is 1. The molecule has 0 unspecified atom stereocenters. The average molecular weight is 328 g/mol. The van der Waals surface area contributed by atoms with Crippen LogP contribution in [0.5, 0.6) is 0 Å². The second-order valence-corrected chi connectivity index (χ2v) is 6.80. The van der Waals surface area contributed by atoms with Crippen LogP contribution in [0.3, 0.4) is 0 Å². The molecule has 0 spiro atoms. The maximum Gasteiger partial charge on any atom is 0.257 e. The Morgan fingerprint density at radius 1 is 1.45 bits per heavy atom. The van der Waals surface area contributed by atoms with Gasteiger partial charge in [-0.3, -0.25) is 10.1 Å². The molecule has 20 heavy (non-hydrogen) atoms. The molecule has 4 nitrogen and oxygen atoms in total. The van der Waals surface area contributed by atoms with Crippen molar-refractivity contribution in [3.8, 4) is 0 Å². The number of hydrogen-bond acceptors (Lipinski definition) is 5. The van der Waals surface area contributed by atoms with E-state index in [0.29, 0.717) is 15.7 Å². The summed E-state index contributed by atoms with van der Waals surface area (Å²) in [7, 11) is 0. The van der Waals surface area contributed by atoms with Crippen LogP contribution in [0.2, 0.25) is 5.02 Å². The van der Waals surface area contributed by atoms with Crippen molar-refractivity contribution in [3.63, 3.8) is 0 Å². The number of halogens is 1. The van der Waals surface area contributed by atoms with Gasteiger partial charge in [0.15, 0.2) is 4.34 Å². The lowest BCUT2D eigenvalue weighted by molar-refractivity contribution is 0.102. The van der Waals surface area contributed by atoms with Crippen LogP contribution in [0.25, 0.3) is 0 Å². The molecule has 0 bridgehead atoms. The summed E-state index contributed by atoms with van der Waals surface area (Å²) < 4.78 is 0.875. The minimum Gasteiger partial charge on any atom is -0.296 e. The van der Waals surface area contributed by atoms with E-state index in [9.17, 15) is 4.79 Å². The van der Waals surface area contributed by atoms with Crippen molar-refractivity contribution >= 4 is 45.7 Å². The number of thioether (sulfide) groups is 1. The molecule has 1 aromatic heterocycles. The van der Waals surface area contributed by atoms with Gasteiger partial charge in [-0.2, -0.15) is 0 Å². The van der Waals surface area contributed by atoms with Crippen molar-refractivity contribution in [2.24, 2.45) is 0 Å². The fraction of sp³-hybridized carbons (Fsp3) is 0.308. The van der Waals surface area contributed by atoms with Gasteiger partial charge in [-0.25, -0.2) is 0 Å². The Morgan fingerprint density at radius 3 is 3.05 bits per heavy atom. The van der Waals surface area contributed by atoms with Crippen LogP contribution in [0, 0.1) is 0 Å². The predicted molar refractivity (Wildman–Crippen MR) is 84.9 cm³/mol. The number of amides is 1. The van der Waals surface area contributed by atoms with Gasteiger partial charge in [0.2, 0.25) is 5.13 Å². The number of rotatable bonds is 6. The largest absolute Gasteiger partial charge is 0.296 e. The summed E-state index contributed by atoms with van der Waals surface area (Å²) in [5.74, 6) is 0.793. The van der Waals surface area contributed by atoms with Crippen molar-refractivity contribution in [1.29, 1.82) is 0 Å². The number of nitrogens with zero attached hydrogens (tertiary/aromatic N) is 2. The average Bonchev–Trinajstić information content (AvgIpc) is 2.86. The summed E-state index contributed by atoms with van der Waals surface area (Å²) >= 11 is 8.91. The van der Waals surface area contributed by atoms with Crippen molar-refractivity contribution < 1.29 is 4.79 Å². The molecule has 2 aromatic rings.